The van der Waals surface area contributed by atoms with E-state index in [1.54, 1.807) is 0 Å². The van der Waals surface area contributed by atoms with Gasteiger partial charge in [-0.25, -0.2) is 9.59 Å². The van der Waals surface area contributed by atoms with E-state index in [1.165, 1.54) is 12.1 Å². The number of carboxylic acids is 1. The Kier molecular flexibility index (Phi) is 14.5. The standard InChI is InChI=1S/C34H48O12/c1-3-5-7-9-11-13-20-15-22(36)17-26(45-34-30(40)29(39)31(46-34)25(38)19-35)28(20)33(43)44-23-16-21(14-12-10-8-6-4-2)27(32(41)42)24(37)18-23/h15-18,25,29-31,34-40H,3-14,19H2,1-2H3,(H,41,42)/t25-,29-,30-,31-,34-/m1/s1. The Morgan fingerprint density at radius 2 is 1.41 bits per heavy atom. The summed E-state index contributed by atoms with van der Waals surface area (Å²) in [6.45, 7) is 3.43. The zero-order valence-corrected chi connectivity index (χ0v) is 26.6. The van der Waals surface area contributed by atoms with Crippen molar-refractivity contribution in [3.63, 3.8) is 0 Å². The molecule has 1 aliphatic heterocycles. The van der Waals surface area contributed by atoms with Crippen LogP contribution >= 0.6 is 0 Å². The van der Waals surface area contributed by atoms with E-state index >= 15 is 0 Å². The summed E-state index contributed by atoms with van der Waals surface area (Å²) in [7, 11) is 0. The molecule has 1 saturated heterocycles. The van der Waals surface area contributed by atoms with Gasteiger partial charge in [0.25, 0.3) is 0 Å². The molecule has 12 nitrogen and oxygen atoms in total. The van der Waals surface area contributed by atoms with Crippen molar-refractivity contribution in [1.29, 1.82) is 0 Å². The van der Waals surface area contributed by atoms with Crippen molar-refractivity contribution in [3.05, 3.63) is 46.5 Å². The average molecular weight is 649 g/mol. The van der Waals surface area contributed by atoms with Crippen LogP contribution in [0.3, 0.4) is 0 Å². The number of rotatable bonds is 19. The van der Waals surface area contributed by atoms with E-state index in [9.17, 15) is 45.3 Å². The second-order valence-corrected chi connectivity index (χ2v) is 11.8. The Morgan fingerprint density at radius 3 is 1.98 bits per heavy atom. The summed E-state index contributed by atoms with van der Waals surface area (Å²) < 4.78 is 17.0. The number of hydrogen-bond donors (Lipinski definition) is 7. The van der Waals surface area contributed by atoms with Crippen molar-refractivity contribution in [2.75, 3.05) is 6.61 Å². The van der Waals surface area contributed by atoms with Crippen molar-refractivity contribution in [1.82, 2.24) is 0 Å². The normalized spacial score (nSPS) is 20.0. The summed E-state index contributed by atoms with van der Waals surface area (Å²) in [5.74, 6) is -3.36. The van der Waals surface area contributed by atoms with Gasteiger partial charge in [0.05, 0.1) is 6.61 Å². The molecule has 0 unspecified atom stereocenters. The van der Waals surface area contributed by atoms with E-state index in [0.717, 1.165) is 63.5 Å². The number of unbranched alkanes of at least 4 members (excludes halogenated alkanes) is 8. The zero-order chi connectivity index (χ0) is 33.8. The number of aliphatic hydroxyl groups excluding tert-OH is 4. The molecule has 2 aromatic rings. The van der Waals surface area contributed by atoms with Crippen LogP contribution in [-0.4, -0.2) is 85.0 Å². The highest BCUT2D eigenvalue weighted by Crippen LogP contribution is 2.36. The molecule has 7 N–H and O–H groups in total. The van der Waals surface area contributed by atoms with Crippen LogP contribution in [0.5, 0.6) is 23.0 Å². The summed E-state index contributed by atoms with van der Waals surface area (Å²) in [6.07, 6.45) is 2.16. The maximum Gasteiger partial charge on any atom is 0.347 e. The minimum Gasteiger partial charge on any atom is -0.508 e. The van der Waals surface area contributed by atoms with Crippen molar-refractivity contribution < 1.29 is 59.5 Å². The van der Waals surface area contributed by atoms with Crippen LogP contribution in [0.15, 0.2) is 24.3 Å². The van der Waals surface area contributed by atoms with Gasteiger partial charge in [0.2, 0.25) is 6.29 Å². The maximum absolute atomic E-state index is 13.8. The third-order valence-corrected chi connectivity index (χ3v) is 8.14. The number of benzene rings is 2. The monoisotopic (exact) mass is 648 g/mol. The predicted octanol–water partition coefficient (Wildman–Crippen LogP) is 4.22. The Bertz CT molecular complexity index is 1300. The van der Waals surface area contributed by atoms with Gasteiger partial charge in [-0.2, -0.15) is 0 Å². The predicted molar refractivity (Wildman–Crippen MR) is 167 cm³/mol. The van der Waals surface area contributed by atoms with Crippen LogP contribution < -0.4 is 9.47 Å². The van der Waals surface area contributed by atoms with Gasteiger partial charge in [-0.15, -0.1) is 0 Å². The SMILES string of the molecule is CCCCCCCc1cc(OC(=O)c2c(CCCCCCC)cc(O)cc2O[C@@H]2O[C@H]([C@H](O)CO)[C@H](O)[C@H]2O)cc(O)c1C(=O)O. The lowest BCUT2D eigenvalue weighted by molar-refractivity contribution is -0.137. The molecule has 46 heavy (non-hydrogen) atoms. The fourth-order valence-electron chi connectivity index (χ4n) is 5.65. The van der Waals surface area contributed by atoms with Crippen molar-refractivity contribution in [2.45, 2.75) is 122 Å². The minimum atomic E-state index is -1.67. The molecule has 12 heteroatoms. The number of carbonyl (C=O) groups is 2. The lowest BCUT2D eigenvalue weighted by Gasteiger charge is -2.21. The first kappa shape index (κ1) is 37.0. The second kappa shape index (κ2) is 18.1. The van der Waals surface area contributed by atoms with Crippen molar-refractivity contribution in [2.24, 2.45) is 0 Å². The van der Waals surface area contributed by atoms with Crippen LogP contribution in [0.4, 0.5) is 0 Å². The first-order valence-electron chi connectivity index (χ1n) is 16.2. The van der Waals surface area contributed by atoms with Crippen LogP contribution in [0.25, 0.3) is 0 Å². The van der Waals surface area contributed by atoms with Crippen LogP contribution in [0.2, 0.25) is 0 Å². The summed E-state index contributed by atoms with van der Waals surface area (Å²) in [6, 6.07) is 4.99. The minimum absolute atomic E-state index is 0.0947. The fourth-order valence-corrected chi connectivity index (χ4v) is 5.65. The number of hydrogen-bond acceptors (Lipinski definition) is 11. The Hall–Kier alpha value is -3.42. The number of aromatic carboxylic acids is 1. The van der Waals surface area contributed by atoms with Crippen LogP contribution in [0, 0.1) is 0 Å². The van der Waals surface area contributed by atoms with Gasteiger partial charge in [0.15, 0.2) is 0 Å². The van der Waals surface area contributed by atoms with Gasteiger partial charge in [0.1, 0.15) is 58.5 Å². The molecule has 0 aromatic heterocycles. The van der Waals surface area contributed by atoms with Crippen LogP contribution in [0.1, 0.15) is 110 Å². The van der Waals surface area contributed by atoms with Crippen molar-refractivity contribution >= 4 is 11.9 Å². The summed E-state index contributed by atoms with van der Waals surface area (Å²) >= 11 is 0. The van der Waals surface area contributed by atoms with Gasteiger partial charge in [0, 0.05) is 12.1 Å². The van der Waals surface area contributed by atoms with E-state index < -0.39 is 55.0 Å². The lowest BCUT2D eigenvalue weighted by Crippen LogP contribution is -2.40. The number of aryl methyl sites for hydroxylation is 2. The molecule has 2 aromatic carbocycles. The van der Waals surface area contributed by atoms with E-state index in [0.29, 0.717) is 36.8 Å². The number of esters is 1. The van der Waals surface area contributed by atoms with Gasteiger partial charge in [-0.05, 0) is 48.9 Å². The topological polar surface area (TPSA) is 203 Å². The lowest BCUT2D eigenvalue weighted by atomic mass is 9.98. The maximum atomic E-state index is 13.8. The summed E-state index contributed by atoms with van der Waals surface area (Å²) in [5, 5.41) is 71.1. The molecule has 0 saturated carbocycles. The largest absolute Gasteiger partial charge is 0.508 e. The molecule has 1 fully saturated rings. The third-order valence-electron chi connectivity index (χ3n) is 8.14. The van der Waals surface area contributed by atoms with Gasteiger partial charge >= 0.3 is 11.9 Å². The highest BCUT2D eigenvalue weighted by Gasteiger charge is 2.47. The first-order valence-corrected chi connectivity index (χ1v) is 16.2. The highest BCUT2D eigenvalue weighted by atomic mass is 16.7. The Labute approximate surface area is 269 Å². The number of phenolic OH excluding ortho intramolecular Hbond substituents is 1. The molecule has 0 amide bonds. The van der Waals surface area contributed by atoms with Gasteiger partial charge < -0.3 is 50.0 Å². The second-order valence-electron chi connectivity index (χ2n) is 11.8. The van der Waals surface area contributed by atoms with E-state index in [1.807, 2.05) is 0 Å². The molecule has 0 spiro atoms. The molecule has 256 valence electrons. The number of carbonyl (C=O) groups excluding carboxylic acids is 1. The number of aliphatic hydroxyl groups is 4. The molecule has 5 atom stereocenters. The van der Waals surface area contributed by atoms with E-state index in [4.69, 9.17) is 14.2 Å². The molecule has 0 aliphatic carbocycles. The average Bonchev–Trinajstić information content (AvgIpc) is 3.28. The molecular formula is C34H48O12. The van der Waals surface area contributed by atoms with E-state index in [-0.39, 0.29) is 28.4 Å². The molecule has 1 aliphatic rings. The van der Waals surface area contributed by atoms with Crippen molar-refractivity contribution in [3.8, 4) is 23.0 Å². The zero-order valence-electron chi connectivity index (χ0n) is 26.6. The number of carboxylic acid groups (broad SMARTS) is 1. The Balaban J connectivity index is 1.96. The molecule has 3 rings (SSSR count). The third kappa shape index (κ3) is 9.79. The van der Waals surface area contributed by atoms with Crippen LogP contribution in [-0.2, 0) is 17.6 Å². The quantitative estimate of drug-likeness (QED) is 0.0650. The molecule has 0 radical (unpaired) electrons. The molecular weight excluding hydrogens is 600 g/mol. The molecule has 1 heterocycles. The number of ether oxygens (including phenoxy) is 3. The number of phenols is 2. The van der Waals surface area contributed by atoms with Gasteiger partial charge in [-0.3, -0.25) is 0 Å². The summed E-state index contributed by atoms with van der Waals surface area (Å²) in [5.41, 5.74) is 0.323. The van der Waals surface area contributed by atoms with E-state index in [2.05, 4.69) is 13.8 Å². The van der Waals surface area contributed by atoms with Gasteiger partial charge in [-0.1, -0.05) is 65.2 Å². The summed E-state index contributed by atoms with van der Waals surface area (Å²) in [4.78, 5) is 25.7. The molecule has 0 bridgehead atoms. The first-order chi connectivity index (χ1) is 22.0. The highest BCUT2D eigenvalue weighted by molar-refractivity contribution is 5.97. The Morgan fingerprint density at radius 1 is 0.826 bits per heavy atom. The smallest absolute Gasteiger partial charge is 0.347 e. The fraction of sp³-hybridized carbons (Fsp3) is 0.588. The number of aromatic hydroxyl groups is 2.